The highest BCUT2D eigenvalue weighted by Gasteiger charge is 2.10. The van der Waals surface area contributed by atoms with Crippen molar-refractivity contribution in [3.8, 4) is 11.4 Å². The monoisotopic (exact) mass is 319 g/mol. The third kappa shape index (κ3) is 3.96. The molecule has 0 aliphatic carbocycles. The predicted molar refractivity (Wildman–Crippen MR) is 94.8 cm³/mol. The first-order valence-corrected chi connectivity index (χ1v) is 8.19. The van der Waals surface area contributed by atoms with E-state index in [-0.39, 0.29) is 12.2 Å². The SMILES string of the molecule is CC(C)Cc1cnc(-c2ccnc(CC(=O)c3ccccc3)c2)[nH]1. The van der Waals surface area contributed by atoms with Crippen LogP contribution in [0, 0.1) is 5.92 Å². The summed E-state index contributed by atoms with van der Waals surface area (Å²) in [6.45, 7) is 4.36. The largest absolute Gasteiger partial charge is 0.342 e. The molecule has 0 unspecified atom stereocenters. The normalized spacial score (nSPS) is 11.0. The molecule has 4 heteroatoms. The van der Waals surface area contributed by atoms with E-state index >= 15 is 0 Å². The molecule has 0 saturated carbocycles. The number of imidazole rings is 1. The van der Waals surface area contributed by atoms with E-state index in [4.69, 9.17) is 0 Å². The second kappa shape index (κ2) is 7.21. The smallest absolute Gasteiger partial charge is 0.168 e. The Labute approximate surface area is 142 Å². The van der Waals surface area contributed by atoms with Crippen LogP contribution < -0.4 is 0 Å². The van der Waals surface area contributed by atoms with Gasteiger partial charge in [-0.3, -0.25) is 9.78 Å². The lowest BCUT2D eigenvalue weighted by Gasteiger charge is -2.04. The summed E-state index contributed by atoms with van der Waals surface area (Å²) in [4.78, 5) is 24.4. The minimum atomic E-state index is 0.0696. The fourth-order valence-corrected chi connectivity index (χ4v) is 2.66. The number of Topliss-reactive ketones (excluding diaryl/α,β-unsaturated/α-hetero) is 1. The molecule has 3 rings (SSSR count). The highest BCUT2D eigenvalue weighted by Crippen LogP contribution is 2.18. The van der Waals surface area contributed by atoms with Gasteiger partial charge in [0.1, 0.15) is 5.82 Å². The number of H-pyrrole nitrogens is 1. The van der Waals surface area contributed by atoms with Gasteiger partial charge in [-0.15, -0.1) is 0 Å². The van der Waals surface area contributed by atoms with Gasteiger partial charge < -0.3 is 4.98 Å². The number of hydrogen-bond acceptors (Lipinski definition) is 3. The molecule has 0 bridgehead atoms. The Hall–Kier alpha value is -2.75. The molecule has 0 radical (unpaired) electrons. The molecule has 122 valence electrons. The van der Waals surface area contributed by atoms with Crippen molar-refractivity contribution in [2.75, 3.05) is 0 Å². The topological polar surface area (TPSA) is 58.6 Å². The Morgan fingerprint density at radius 2 is 1.92 bits per heavy atom. The number of hydrogen-bond donors (Lipinski definition) is 1. The lowest BCUT2D eigenvalue weighted by Crippen LogP contribution is -2.05. The van der Waals surface area contributed by atoms with E-state index in [9.17, 15) is 4.79 Å². The number of aromatic amines is 1. The number of carbonyl (C=O) groups excluding carboxylic acids is 1. The van der Waals surface area contributed by atoms with Gasteiger partial charge in [0.05, 0.1) is 6.42 Å². The van der Waals surface area contributed by atoms with Crippen molar-refractivity contribution in [2.24, 2.45) is 5.92 Å². The molecule has 0 spiro atoms. The van der Waals surface area contributed by atoms with Crippen LogP contribution >= 0.6 is 0 Å². The average molecular weight is 319 g/mol. The van der Waals surface area contributed by atoms with Gasteiger partial charge in [0.15, 0.2) is 5.78 Å². The van der Waals surface area contributed by atoms with Crippen molar-refractivity contribution in [3.05, 3.63) is 71.8 Å². The zero-order chi connectivity index (χ0) is 16.9. The van der Waals surface area contributed by atoms with E-state index in [1.165, 1.54) is 0 Å². The second-order valence-corrected chi connectivity index (χ2v) is 6.36. The fraction of sp³-hybridized carbons (Fsp3) is 0.250. The van der Waals surface area contributed by atoms with Crippen LogP contribution in [0.15, 0.2) is 54.9 Å². The zero-order valence-corrected chi connectivity index (χ0v) is 14.0. The molecule has 0 atom stereocenters. The van der Waals surface area contributed by atoms with Crippen molar-refractivity contribution < 1.29 is 4.79 Å². The number of benzene rings is 1. The third-order valence-corrected chi connectivity index (χ3v) is 3.78. The minimum absolute atomic E-state index is 0.0696. The van der Waals surface area contributed by atoms with Crippen molar-refractivity contribution in [1.29, 1.82) is 0 Å². The molecule has 2 aromatic heterocycles. The van der Waals surface area contributed by atoms with Crippen LogP contribution in [0.4, 0.5) is 0 Å². The van der Waals surface area contributed by atoms with Gasteiger partial charge in [-0.25, -0.2) is 4.98 Å². The van der Waals surface area contributed by atoms with E-state index in [2.05, 4.69) is 28.8 Å². The summed E-state index contributed by atoms with van der Waals surface area (Å²) in [7, 11) is 0. The van der Waals surface area contributed by atoms with Crippen LogP contribution in [0.5, 0.6) is 0 Å². The molecular formula is C20H21N3O. The van der Waals surface area contributed by atoms with E-state index < -0.39 is 0 Å². The number of ketones is 1. The number of carbonyl (C=O) groups is 1. The van der Waals surface area contributed by atoms with E-state index in [1.807, 2.05) is 48.7 Å². The number of pyridine rings is 1. The molecule has 0 aliphatic heterocycles. The van der Waals surface area contributed by atoms with Gasteiger partial charge in [-0.1, -0.05) is 44.2 Å². The number of rotatable bonds is 6. The maximum Gasteiger partial charge on any atom is 0.168 e. The summed E-state index contributed by atoms with van der Waals surface area (Å²) < 4.78 is 0. The summed E-state index contributed by atoms with van der Waals surface area (Å²) in [6.07, 6.45) is 4.87. The molecule has 1 aromatic carbocycles. The number of nitrogens with one attached hydrogen (secondary N) is 1. The Kier molecular flexibility index (Phi) is 4.85. The summed E-state index contributed by atoms with van der Waals surface area (Å²) in [6, 6.07) is 13.1. The van der Waals surface area contributed by atoms with Crippen LogP contribution in [-0.2, 0) is 12.8 Å². The highest BCUT2D eigenvalue weighted by atomic mass is 16.1. The number of nitrogens with zero attached hydrogens (tertiary/aromatic N) is 2. The summed E-state index contributed by atoms with van der Waals surface area (Å²) in [5.41, 5.74) is 3.54. The maximum absolute atomic E-state index is 12.3. The predicted octanol–water partition coefficient (Wildman–Crippen LogP) is 4.10. The average Bonchev–Trinajstić information content (AvgIpc) is 3.03. The number of aromatic nitrogens is 3. The molecule has 24 heavy (non-hydrogen) atoms. The first-order chi connectivity index (χ1) is 11.6. The van der Waals surface area contributed by atoms with Crippen LogP contribution in [0.3, 0.4) is 0 Å². The molecule has 3 aromatic rings. The Morgan fingerprint density at radius 1 is 1.12 bits per heavy atom. The molecule has 0 saturated heterocycles. The molecule has 0 amide bonds. The molecule has 2 heterocycles. The zero-order valence-electron chi connectivity index (χ0n) is 14.0. The fourth-order valence-electron chi connectivity index (χ4n) is 2.66. The maximum atomic E-state index is 12.3. The van der Waals surface area contributed by atoms with Crippen molar-refractivity contribution in [1.82, 2.24) is 15.0 Å². The van der Waals surface area contributed by atoms with Crippen LogP contribution in [-0.4, -0.2) is 20.7 Å². The van der Waals surface area contributed by atoms with Crippen LogP contribution in [0.2, 0.25) is 0 Å². The first kappa shape index (κ1) is 16.1. The standard InChI is InChI=1S/C20H21N3O/c1-14(2)10-18-13-22-20(23-18)16-8-9-21-17(11-16)12-19(24)15-6-4-3-5-7-15/h3-9,11,13-14H,10,12H2,1-2H3,(H,22,23). The molecule has 4 nitrogen and oxygen atoms in total. The Bertz CT molecular complexity index is 822. The molecular weight excluding hydrogens is 298 g/mol. The van der Waals surface area contributed by atoms with Crippen LogP contribution in [0.1, 0.15) is 35.6 Å². The van der Waals surface area contributed by atoms with E-state index in [1.54, 1.807) is 6.20 Å². The Balaban J connectivity index is 1.77. The van der Waals surface area contributed by atoms with Gasteiger partial charge in [0.25, 0.3) is 0 Å². The Morgan fingerprint density at radius 3 is 2.67 bits per heavy atom. The lowest BCUT2D eigenvalue weighted by atomic mass is 10.1. The van der Waals surface area contributed by atoms with Gasteiger partial charge >= 0.3 is 0 Å². The summed E-state index contributed by atoms with van der Waals surface area (Å²) >= 11 is 0. The van der Waals surface area contributed by atoms with Crippen molar-refractivity contribution >= 4 is 5.78 Å². The van der Waals surface area contributed by atoms with Crippen LogP contribution in [0.25, 0.3) is 11.4 Å². The highest BCUT2D eigenvalue weighted by molar-refractivity contribution is 5.97. The lowest BCUT2D eigenvalue weighted by molar-refractivity contribution is 0.0992. The van der Waals surface area contributed by atoms with E-state index in [0.717, 1.165) is 29.2 Å². The first-order valence-electron chi connectivity index (χ1n) is 8.19. The summed E-state index contributed by atoms with van der Waals surface area (Å²) in [5.74, 6) is 1.47. The van der Waals surface area contributed by atoms with Gasteiger partial charge in [0.2, 0.25) is 0 Å². The van der Waals surface area contributed by atoms with Crippen molar-refractivity contribution in [2.45, 2.75) is 26.7 Å². The van der Waals surface area contributed by atoms with Crippen molar-refractivity contribution in [3.63, 3.8) is 0 Å². The second-order valence-electron chi connectivity index (χ2n) is 6.36. The van der Waals surface area contributed by atoms with Gasteiger partial charge in [0, 0.05) is 34.9 Å². The van der Waals surface area contributed by atoms with Gasteiger partial charge in [-0.2, -0.15) is 0 Å². The minimum Gasteiger partial charge on any atom is -0.342 e. The molecule has 1 N–H and O–H groups in total. The molecule has 0 aliphatic rings. The van der Waals surface area contributed by atoms with Gasteiger partial charge in [-0.05, 0) is 24.5 Å². The summed E-state index contributed by atoms with van der Waals surface area (Å²) in [5, 5.41) is 0. The quantitative estimate of drug-likeness (QED) is 0.696. The van der Waals surface area contributed by atoms with E-state index in [0.29, 0.717) is 11.5 Å². The molecule has 0 fully saturated rings. The third-order valence-electron chi connectivity index (χ3n) is 3.78.